The van der Waals surface area contributed by atoms with Crippen molar-refractivity contribution < 1.29 is 8.42 Å². The summed E-state index contributed by atoms with van der Waals surface area (Å²) in [6, 6.07) is 7.03. The van der Waals surface area contributed by atoms with Crippen LogP contribution in [-0.2, 0) is 16.6 Å². The number of hydrogen-bond donors (Lipinski definition) is 2. The first-order valence-corrected chi connectivity index (χ1v) is 7.62. The molecule has 0 unspecified atom stereocenters. The SMILES string of the molecule is CNc1ncc(S(=O)(=O)NCc2ccccc2Cl)cn1. The number of benzene rings is 1. The molecule has 0 aliphatic rings. The molecule has 8 heteroatoms. The van der Waals surface area contributed by atoms with Gasteiger partial charge in [0.2, 0.25) is 16.0 Å². The van der Waals surface area contributed by atoms with Gasteiger partial charge in [-0.15, -0.1) is 0 Å². The Bertz CT molecular complexity index is 689. The minimum Gasteiger partial charge on any atom is -0.357 e. The van der Waals surface area contributed by atoms with Crippen molar-refractivity contribution in [2.75, 3.05) is 12.4 Å². The quantitative estimate of drug-likeness (QED) is 0.877. The van der Waals surface area contributed by atoms with Crippen LogP contribution in [0.2, 0.25) is 5.02 Å². The average Bonchev–Trinajstić information content (AvgIpc) is 2.46. The van der Waals surface area contributed by atoms with Crippen molar-refractivity contribution in [1.29, 1.82) is 0 Å². The van der Waals surface area contributed by atoms with E-state index in [0.717, 1.165) is 0 Å². The van der Waals surface area contributed by atoms with Gasteiger partial charge >= 0.3 is 0 Å². The van der Waals surface area contributed by atoms with Gasteiger partial charge in [-0.3, -0.25) is 0 Å². The van der Waals surface area contributed by atoms with Gasteiger partial charge in [-0.1, -0.05) is 29.8 Å². The molecule has 0 bridgehead atoms. The van der Waals surface area contributed by atoms with Crippen LogP contribution < -0.4 is 10.0 Å². The molecule has 0 atom stereocenters. The second-order valence-electron chi connectivity index (χ2n) is 3.91. The maximum absolute atomic E-state index is 12.1. The van der Waals surface area contributed by atoms with E-state index in [9.17, 15) is 8.42 Å². The molecular weight excluding hydrogens is 300 g/mol. The summed E-state index contributed by atoms with van der Waals surface area (Å²) in [5, 5.41) is 3.23. The first kappa shape index (κ1) is 14.7. The van der Waals surface area contributed by atoms with Gasteiger partial charge in [-0.25, -0.2) is 23.1 Å². The molecule has 1 aromatic carbocycles. The van der Waals surface area contributed by atoms with E-state index >= 15 is 0 Å². The Labute approximate surface area is 122 Å². The maximum Gasteiger partial charge on any atom is 0.243 e. The number of nitrogens with one attached hydrogen (secondary N) is 2. The van der Waals surface area contributed by atoms with Gasteiger partial charge in [-0.05, 0) is 11.6 Å². The van der Waals surface area contributed by atoms with Gasteiger partial charge in [-0.2, -0.15) is 0 Å². The minimum atomic E-state index is -3.66. The zero-order chi connectivity index (χ0) is 14.6. The Kier molecular flexibility index (Phi) is 4.53. The molecule has 2 N–H and O–H groups in total. The molecule has 6 nitrogen and oxygen atoms in total. The van der Waals surface area contributed by atoms with Crippen LogP contribution in [0.4, 0.5) is 5.95 Å². The van der Waals surface area contributed by atoms with Crippen LogP contribution in [0.5, 0.6) is 0 Å². The zero-order valence-electron chi connectivity index (χ0n) is 10.7. The fourth-order valence-electron chi connectivity index (χ4n) is 1.48. The molecular formula is C12H13ClN4O2S. The highest BCUT2D eigenvalue weighted by molar-refractivity contribution is 7.89. The molecule has 0 spiro atoms. The Balaban J connectivity index is 2.13. The first-order chi connectivity index (χ1) is 9.53. The van der Waals surface area contributed by atoms with E-state index in [-0.39, 0.29) is 11.4 Å². The van der Waals surface area contributed by atoms with E-state index in [1.165, 1.54) is 12.4 Å². The lowest BCUT2D eigenvalue weighted by Gasteiger charge is -2.08. The van der Waals surface area contributed by atoms with Crippen molar-refractivity contribution in [3.8, 4) is 0 Å². The summed E-state index contributed by atoms with van der Waals surface area (Å²) < 4.78 is 26.6. The standard InChI is InChI=1S/C12H13ClN4O2S/c1-14-12-15-7-10(8-16-12)20(18,19)17-6-9-4-2-3-5-11(9)13/h2-5,7-8,17H,6H2,1H3,(H,14,15,16). The Hall–Kier alpha value is -1.70. The Morgan fingerprint density at radius 1 is 1.20 bits per heavy atom. The van der Waals surface area contributed by atoms with Crippen LogP contribution in [0.1, 0.15) is 5.56 Å². The number of nitrogens with zero attached hydrogens (tertiary/aromatic N) is 2. The molecule has 0 amide bonds. The van der Waals surface area contributed by atoms with Crippen molar-refractivity contribution >= 4 is 27.6 Å². The monoisotopic (exact) mass is 312 g/mol. The van der Waals surface area contributed by atoms with Gasteiger partial charge < -0.3 is 5.32 Å². The topological polar surface area (TPSA) is 84.0 Å². The van der Waals surface area contributed by atoms with Crippen molar-refractivity contribution in [2.45, 2.75) is 11.4 Å². The normalized spacial score (nSPS) is 11.3. The third-order valence-corrected chi connectivity index (χ3v) is 4.30. The van der Waals surface area contributed by atoms with Gasteiger partial charge in [0.15, 0.2) is 0 Å². The summed E-state index contributed by atoms with van der Waals surface area (Å²) >= 11 is 5.97. The van der Waals surface area contributed by atoms with Gasteiger partial charge in [0.25, 0.3) is 0 Å². The molecule has 0 fully saturated rings. The van der Waals surface area contributed by atoms with Crippen molar-refractivity contribution in [1.82, 2.24) is 14.7 Å². The molecule has 0 saturated carbocycles. The second kappa shape index (κ2) is 6.17. The summed E-state index contributed by atoms with van der Waals surface area (Å²) in [6.07, 6.45) is 2.49. The van der Waals surface area contributed by atoms with Gasteiger partial charge in [0.05, 0.1) is 12.4 Å². The zero-order valence-corrected chi connectivity index (χ0v) is 12.2. The lowest BCUT2D eigenvalue weighted by Crippen LogP contribution is -2.23. The van der Waals surface area contributed by atoms with Crippen molar-refractivity contribution in [3.05, 3.63) is 47.2 Å². The largest absolute Gasteiger partial charge is 0.357 e. The summed E-state index contributed by atoms with van der Waals surface area (Å²) in [6.45, 7) is 0.107. The van der Waals surface area contributed by atoms with Crippen molar-refractivity contribution in [2.24, 2.45) is 0 Å². The van der Waals surface area contributed by atoms with E-state index < -0.39 is 10.0 Å². The number of rotatable bonds is 5. The van der Waals surface area contributed by atoms with E-state index in [1.54, 1.807) is 31.3 Å². The lowest BCUT2D eigenvalue weighted by atomic mass is 10.2. The highest BCUT2D eigenvalue weighted by atomic mass is 35.5. The fraction of sp³-hybridized carbons (Fsp3) is 0.167. The second-order valence-corrected chi connectivity index (χ2v) is 6.08. The number of aromatic nitrogens is 2. The Morgan fingerprint density at radius 2 is 1.85 bits per heavy atom. The number of halogens is 1. The van der Waals surface area contributed by atoms with Gasteiger partial charge in [0, 0.05) is 18.6 Å². The number of sulfonamides is 1. The predicted molar refractivity (Wildman–Crippen MR) is 77.1 cm³/mol. The first-order valence-electron chi connectivity index (χ1n) is 5.76. The van der Waals surface area contributed by atoms with E-state index in [2.05, 4.69) is 20.0 Å². The van der Waals surface area contributed by atoms with Crippen LogP contribution in [0.15, 0.2) is 41.6 Å². The Morgan fingerprint density at radius 3 is 2.45 bits per heavy atom. The highest BCUT2D eigenvalue weighted by Crippen LogP contribution is 2.15. The molecule has 0 aliphatic heterocycles. The maximum atomic E-state index is 12.1. The molecule has 0 aliphatic carbocycles. The van der Waals surface area contributed by atoms with Crippen LogP contribution >= 0.6 is 11.6 Å². The summed E-state index contributed by atoms with van der Waals surface area (Å²) in [7, 11) is -2.01. The number of anilines is 1. The third kappa shape index (κ3) is 3.44. The van der Waals surface area contributed by atoms with Crippen molar-refractivity contribution in [3.63, 3.8) is 0 Å². The summed E-state index contributed by atoms with van der Waals surface area (Å²) in [4.78, 5) is 7.74. The van der Waals surface area contributed by atoms with Crippen LogP contribution in [-0.4, -0.2) is 25.4 Å². The van der Waals surface area contributed by atoms with Crippen LogP contribution in [0.25, 0.3) is 0 Å². The van der Waals surface area contributed by atoms with Crippen LogP contribution in [0.3, 0.4) is 0 Å². The fourth-order valence-corrected chi connectivity index (χ4v) is 2.58. The molecule has 106 valence electrons. The smallest absolute Gasteiger partial charge is 0.243 e. The molecule has 2 aromatic rings. The molecule has 0 radical (unpaired) electrons. The molecule has 20 heavy (non-hydrogen) atoms. The van der Waals surface area contributed by atoms with Gasteiger partial charge in [0.1, 0.15) is 4.90 Å². The number of hydrogen-bond acceptors (Lipinski definition) is 5. The van der Waals surface area contributed by atoms with Crippen LogP contribution in [0, 0.1) is 0 Å². The van der Waals surface area contributed by atoms with E-state index in [0.29, 0.717) is 16.5 Å². The van der Waals surface area contributed by atoms with E-state index in [4.69, 9.17) is 11.6 Å². The molecule has 1 aromatic heterocycles. The molecule has 0 saturated heterocycles. The predicted octanol–water partition coefficient (Wildman–Crippen LogP) is 1.65. The molecule has 2 rings (SSSR count). The highest BCUT2D eigenvalue weighted by Gasteiger charge is 2.15. The van der Waals surface area contributed by atoms with E-state index in [1.807, 2.05) is 0 Å². The summed E-state index contributed by atoms with van der Waals surface area (Å²) in [5.74, 6) is 0.357. The lowest BCUT2D eigenvalue weighted by molar-refractivity contribution is 0.580. The average molecular weight is 313 g/mol. The third-order valence-electron chi connectivity index (χ3n) is 2.57. The minimum absolute atomic E-state index is 0.00329. The molecule has 1 heterocycles. The summed E-state index contributed by atoms with van der Waals surface area (Å²) in [5.41, 5.74) is 0.700.